The number of rotatable bonds is 4. The average molecular weight is 263 g/mol. The zero-order valence-corrected chi connectivity index (χ0v) is 10.5. The van der Waals surface area contributed by atoms with Crippen LogP contribution in [0.2, 0.25) is 0 Å². The lowest BCUT2D eigenvalue weighted by Gasteiger charge is -2.14. The molecule has 100 valence electrons. The standard InChI is InChI=1S/C14H14FNO3/c1-16(7-8-17)14(18)13-12(6-9-19-13)10-2-4-11(15)5-3-10/h2-6,9,17H,7-8H2,1H3. The lowest BCUT2D eigenvalue weighted by Crippen LogP contribution is -2.29. The molecule has 0 saturated carbocycles. The van der Waals surface area contributed by atoms with Crippen LogP contribution >= 0.6 is 0 Å². The van der Waals surface area contributed by atoms with Gasteiger partial charge in [-0.1, -0.05) is 12.1 Å². The van der Waals surface area contributed by atoms with Crippen molar-refractivity contribution in [1.29, 1.82) is 0 Å². The first-order valence-electron chi connectivity index (χ1n) is 5.83. The maximum Gasteiger partial charge on any atom is 0.290 e. The number of benzene rings is 1. The highest BCUT2D eigenvalue weighted by Crippen LogP contribution is 2.26. The molecule has 2 aromatic rings. The van der Waals surface area contributed by atoms with Gasteiger partial charge in [0.2, 0.25) is 0 Å². The number of carbonyl (C=O) groups is 1. The first-order valence-corrected chi connectivity index (χ1v) is 5.83. The summed E-state index contributed by atoms with van der Waals surface area (Å²) in [5.41, 5.74) is 1.31. The molecular weight excluding hydrogens is 249 g/mol. The van der Waals surface area contributed by atoms with Crippen LogP contribution in [0.3, 0.4) is 0 Å². The Bertz CT molecular complexity index is 562. The minimum atomic E-state index is -0.336. The summed E-state index contributed by atoms with van der Waals surface area (Å²) in [7, 11) is 1.58. The van der Waals surface area contributed by atoms with Crippen molar-refractivity contribution >= 4 is 5.91 Å². The molecule has 1 aromatic carbocycles. The van der Waals surface area contributed by atoms with Crippen LogP contribution in [0.5, 0.6) is 0 Å². The number of aliphatic hydroxyl groups excluding tert-OH is 1. The predicted octanol–water partition coefficient (Wildman–Crippen LogP) is 2.15. The molecule has 1 heterocycles. The molecule has 0 fully saturated rings. The van der Waals surface area contributed by atoms with E-state index >= 15 is 0 Å². The topological polar surface area (TPSA) is 53.7 Å². The molecule has 0 unspecified atom stereocenters. The molecular formula is C14H14FNO3. The summed E-state index contributed by atoms with van der Waals surface area (Å²) in [6.45, 7) is 0.108. The number of likely N-dealkylation sites (N-methyl/N-ethyl adjacent to an activating group) is 1. The molecule has 0 bridgehead atoms. The second kappa shape index (κ2) is 5.67. The Kier molecular flexibility index (Phi) is 3.97. The minimum absolute atomic E-state index is 0.116. The molecule has 0 aliphatic carbocycles. The highest BCUT2D eigenvalue weighted by Gasteiger charge is 2.20. The van der Waals surface area contributed by atoms with E-state index in [2.05, 4.69) is 0 Å². The van der Waals surface area contributed by atoms with Gasteiger partial charge in [-0.15, -0.1) is 0 Å². The molecule has 0 spiro atoms. The third-order valence-corrected chi connectivity index (χ3v) is 2.80. The van der Waals surface area contributed by atoms with Crippen molar-refractivity contribution in [2.75, 3.05) is 20.2 Å². The normalized spacial score (nSPS) is 10.5. The van der Waals surface area contributed by atoms with Crippen molar-refractivity contribution in [3.63, 3.8) is 0 Å². The number of hydrogen-bond donors (Lipinski definition) is 1. The third kappa shape index (κ3) is 2.82. The molecule has 1 aromatic heterocycles. The van der Waals surface area contributed by atoms with E-state index in [4.69, 9.17) is 9.52 Å². The maximum absolute atomic E-state index is 12.9. The van der Waals surface area contributed by atoms with Gasteiger partial charge < -0.3 is 14.4 Å². The lowest BCUT2D eigenvalue weighted by molar-refractivity contribution is 0.0736. The molecule has 0 saturated heterocycles. The van der Waals surface area contributed by atoms with Crippen molar-refractivity contribution in [3.8, 4) is 11.1 Å². The Morgan fingerprint density at radius 2 is 2.00 bits per heavy atom. The van der Waals surface area contributed by atoms with Gasteiger partial charge in [-0.05, 0) is 23.8 Å². The van der Waals surface area contributed by atoms with Gasteiger partial charge in [0.1, 0.15) is 5.82 Å². The maximum atomic E-state index is 12.9. The summed E-state index contributed by atoms with van der Waals surface area (Å²) in [6.07, 6.45) is 1.42. The number of aliphatic hydroxyl groups is 1. The molecule has 5 heteroatoms. The number of furan rings is 1. The Morgan fingerprint density at radius 1 is 1.32 bits per heavy atom. The van der Waals surface area contributed by atoms with Gasteiger partial charge in [0.25, 0.3) is 5.91 Å². The van der Waals surface area contributed by atoms with Crippen LogP contribution in [-0.4, -0.2) is 36.1 Å². The zero-order valence-electron chi connectivity index (χ0n) is 10.5. The van der Waals surface area contributed by atoms with Gasteiger partial charge in [-0.2, -0.15) is 0 Å². The quantitative estimate of drug-likeness (QED) is 0.919. The summed E-state index contributed by atoms with van der Waals surface area (Å²) < 4.78 is 18.1. The number of hydrogen-bond acceptors (Lipinski definition) is 3. The van der Waals surface area contributed by atoms with E-state index in [9.17, 15) is 9.18 Å². The lowest BCUT2D eigenvalue weighted by atomic mass is 10.1. The molecule has 0 atom stereocenters. The average Bonchev–Trinajstić information content (AvgIpc) is 2.88. The molecule has 0 aliphatic heterocycles. The van der Waals surface area contributed by atoms with E-state index in [1.165, 1.54) is 23.3 Å². The number of amides is 1. The van der Waals surface area contributed by atoms with Crippen molar-refractivity contribution in [1.82, 2.24) is 4.90 Å². The van der Waals surface area contributed by atoms with Gasteiger partial charge in [-0.25, -0.2) is 4.39 Å². The molecule has 1 N–H and O–H groups in total. The van der Waals surface area contributed by atoms with Crippen LogP contribution in [-0.2, 0) is 0 Å². The molecule has 2 rings (SSSR count). The third-order valence-electron chi connectivity index (χ3n) is 2.80. The van der Waals surface area contributed by atoms with Gasteiger partial charge >= 0.3 is 0 Å². The first-order chi connectivity index (χ1) is 9.13. The number of carbonyl (C=O) groups excluding carboxylic acids is 1. The Labute approximate surface area is 110 Å². The fourth-order valence-electron chi connectivity index (χ4n) is 1.76. The first kappa shape index (κ1) is 13.3. The van der Waals surface area contributed by atoms with Crippen LogP contribution in [0.1, 0.15) is 10.6 Å². The van der Waals surface area contributed by atoms with Crippen molar-refractivity contribution in [2.24, 2.45) is 0 Å². The highest BCUT2D eigenvalue weighted by atomic mass is 19.1. The second-order valence-corrected chi connectivity index (χ2v) is 4.12. The molecule has 4 nitrogen and oxygen atoms in total. The summed E-state index contributed by atoms with van der Waals surface area (Å²) in [5, 5.41) is 8.83. The fourth-order valence-corrected chi connectivity index (χ4v) is 1.76. The minimum Gasteiger partial charge on any atom is -0.459 e. The van der Waals surface area contributed by atoms with E-state index < -0.39 is 0 Å². The summed E-state index contributed by atoms with van der Waals surface area (Å²) in [6, 6.07) is 7.49. The largest absolute Gasteiger partial charge is 0.459 e. The highest BCUT2D eigenvalue weighted by molar-refractivity contribution is 5.98. The van der Waals surface area contributed by atoms with Gasteiger partial charge in [-0.3, -0.25) is 4.79 Å². The number of halogens is 1. The van der Waals surface area contributed by atoms with Crippen molar-refractivity contribution in [2.45, 2.75) is 0 Å². The molecule has 0 radical (unpaired) electrons. The molecule has 0 aliphatic rings. The Morgan fingerprint density at radius 3 is 2.63 bits per heavy atom. The van der Waals surface area contributed by atoms with Gasteiger partial charge in [0.05, 0.1) is 12.9 Å². The van der Waals surface area contributed by atoms with E-state index in [-0.39, 0.29) is 30.6 Å². The Balaban J connectivity index is 2.32. The molecule has 1 amide bonds. The summed E-state index contributed by atoms with van der Waals surface area (Å²) in [5.74, 6) is -0.474. The Hall–Kier alpha value is -2.14. The predicted molar refractivity (Wildman–Crippen MR) is 68.1 cm³/mol. The van der Waals surface area contributed by atoms with Crippen LogP contribution in [0.15, 0.2) is 41.0 Å². The number of nitrogens with zero attached hydrogens (tertiary/aromatic N) is 1. The van der Waals surface area contributed by atoms with E-state index in [1.54, 1.807) is 25.2 Å². The van der Waals surface area contributed by atoms with E-state index in [0.717, 1.165) is 0 Å². The molecule has 19 heavy (non-hydrogen) atoms. The smallest absolute Gasteiger partial charge is 0.290 e. The summed E-state index contributed by atoms with van der Waals surface area (Å²) in [4.78, 5) is 13.5. The van der Waals surface area contributed by atoms with Crippen molar-refractivity contribution < 1.29 is 18.7 Å². The SMILES string of the molecule is CN(CCO)C(=O)c1occc1-c1ccc(F)cc1. The van der Waals surface area contributed by atoms with Gasteiger partial charge in [0, 0.05) is 19.2 Å². The van der Waals surface area contributed by atoms with E-state index in [0.29, 0.717) is 11.1 Å². The van der Waals surface area contributed by atoms with Crippen molar-refractivity contribution in [3.05, 3.63) is 48.2 Å². The van der Waals surface area contributed by atoms with Crippen LogP contribution in [0.4, 0.5) is 4.39 Å². The second-order valence-electron chi connectivity index (χ2n) is 4.12. The van der Waals surface area contributed by atoms with Crippen LogP contribution < -0.4 is 0 Å². The fraction of sp³-hybridized carbons (Fsp3) is 0.214. The van der Waals surface area contributed by atoms with Crippen LogP contribution in [0, 0.1) is 5.82 Å². The monoisotopic (exact) mass is 263 g/mol. The van der Waals surface area contributed by atoms with E-state index in [1.807, 2.05) is 0 Å². The summed E-state index contributed by atoms with van der Waals surface area (Å²) >= 11 is 0. The van der Waals surface area contributed by atoms with Gasteiger partial charge in [0.15, 0.2) is 5.76 Å². The zero-order chi connectivity index (χ0) is 13.8. The van der Waals surface area contributed by atoms with Crippen LogP contribution in [0.25, 0.3) is 11.1 Å².